The summed E-state index contributed by atoms with van der Waals surface area (Å²) < 4.78 is 0. The molecule has 0 aromatic carbocycles. The second-order valence-corrected chi connectivity index (χ2v) is 4.72. The lowest BCUT2D eigenvalue weighted by Crippen LogP contribution is -2.27. The average molecular weight is 163 g/mol. The van der Waals surface area contributed by atoms with E-state index in [9.17, 15) is 5.26 Å². The summed E-state index contributed by atoms with van der Waals surface area (Å²) in [6, 6.07) is 2.60. The Balaban J connectivity index is 2.04. The fourth-order valence-electron chi connectivity index (χ4n) is 2.52. The Bertz CT molecular complexity index is 202. The lowest BCUT2D eigenvalue weighted by molar-refractivity contribution is 0.191. The molecule has 2 saturated carbocycles. The molecule has 2 aliphatic rings. The summed E-state index contributed by atoms with van der Waals surface area (Å²) in [5.74, 6) is 1.64. The predicted octanol–water partition coefficient (Wildman–Crippen LogP) is 3.12. The summed E-state index contributed by atoms with van der Waals surface area (Å²) in [4.78, 5) is 0. The van der Waals surface area contributed by atoms with Crippen LogP contribution in [0.4, 0.5) is 0 Å². The summed E-state index contributed by atoms with van der Waals surface area (Å²) in [6.07, 6.45) is 7.56. The van der Waals surface area contributed by atoms with Gasteiger partial charge in [0, 0.05) is 0 Å². The Morgan fingerprint density at radius 2 is 1.75 bits per heavy atom. The molecule has 2 rings (SSSR count). The number of nitrogens with zero attached hydrogens (tertiary/aromatic N) is 1. The van der Waals surface area contributed by atoms with Gasteiger partial charge in [0.25, 0.3) is 0 Å². The van der Waals surface area contributed by atoms with Crippen molar-refractivity contribution < 1.29 is 0 Å². The van der Waals surface area contributed by atoms with Crippen LogP contribution in [-0.2, 0) is 0 Å². The van der Waals surface area contributed by atoms with Gasteiger partial charge in [-0.05, 0) is 50.4 Å². The molecule has 0 aliphatic heterocycles. The Morgan fingerprint density at radius 3 is 2.17 bits per heavy atom. The van der Waals surface area contributed by atoms with E-state index < -0.39 is 0 Å². The Morgan fingerprint density at radius 1 is 1.17 bits per heavy atom. The molecule has 0 saturated heterocycles. The minimum Gasteiger partial charge on any atom is -0.198 e. The van der Waals surface area contributed by atoms with Crippen LogP contribution >= 0.6 is 0 Å². The van der Waals surface area contributed by atoms with E-state index in [4.69, 9.17) is 0 Å². The van der Waals surface area contributed by atoms with Crippen LogP contribution in [0.1, 0.15) is 45.4 Å². The summed E-state index contributed by atoms with van der Waals surface area (Å²) >= 11 is 0. The highest BCUT2D eigenvalue weighted by molar-refractivity contribution is 5.09. The molecule has 0 spiro atoms. The summed E-state index contributed by atoms with van der Waals surface area (Å²) in [7, 11) is 0. The minimum absolute atomic E-state index is 0.118. The fourth-order valence-corrected chi connectivity index (χ4v) is 2.52. The molecule has 0 bridgehead atoms. The predicted molar refractivity (Wildman–Crippen MR) is 48.4 cm³/mol. The van der Waals surface area contributed by atoms with Crippen molar-refractivity contribution in [3.8, 4) is 6.07 Å². The van der Waals surface area contributed by atoms with Crippen molar-refractivity contribution in [1.29, 1.82) is 5.26 Å². The van der Waals surface area contributed by atoms with E-state index >= 15 is 0 Å². The second kappa shape index (κ2) is 2.76. The van der Waals surface area contributed by atoms with Crippen molar-refractivity contribution >= 4 is 0 Å². The topological polar surface area (TPSA) is 23.8 Å². The summed E-state index contributed by atoms with van der Waals surface area (Å²) in [6.45, 7) is 2.31. The molecule has 2 aliphatic carbocycles. The van der Waals surface area contributed by atoms with Crippen LogP contribution < -0.4 is 0 Å². The molecule has 0 heterocycles. The van der Waals surface area contributed by atoms with Crippen LogP contribution in [0.25, 0.3) is 0 Å². The van der Waals surface area contributed by atoms with Gasteiger partial charge < -0.3 is 0 Å². The molecule has 0 unspecified atom stereocenters. The molecule has 2 fully saturated rings. The van der Waals surface area contributed by atoms with Crippen LogP contribution in [0.5, 0.6) is 0 Å². The van der Waals surface area contributed by atoms with Gasteiger partial charge in [-0.25, -0.2) is 0 Å². The van der Waals surface area contributed by atoms with E-state index in [0.717, 1.165) is 11.8 Å². The standard InChI is InChI=1S/C11H17N/c1-9-4-6-11(8-12,7-5-9)10-2-3-10/h9-10H,2-7H2,1H3. The van der Waals surface area contributed by atoms with Crippen LogP contribution in [0.15, 0.2) is 0 Å². The van der Waals surface area contributed by atoms with E-state index in [1.807, 2.05) is 0 Å². The first-order valence-corrected chi connectivity index (χ1v) is 5.18. The maximum atomic E-state index is 9.19. The zero-order valence-electron chi connectivity index (χ0n) is 7.84. The van der Waals surface area contributed by atoms with E-state index in [1.54, 1.807) is 0 Å². The maximum absolute atomic E-state index is 9.19. The third-order valence-electron chi connectivity index (χ3n) is 3.75. The summed E-state index contributed by atoms with van der Waals surface area (Å²) in [5.41, 5.74) is 0.118. The smallest absolute Gasteiger partial charge is 0.0692 e. The average Bonchev–Trinajstić information content (AvgIpc) is 2.90. The molecule has 12 heavy (non-hydrogen) atoms. The molecule has 0 aromatic rings. The normalized spacial score (nSPS) is 42.2. The monoisotopic (exact) mass is 163 g/mol. The van der Waals surface area contributed by atoms with Crippen molar-refractivity contribution in [2.24, 2.45) is 17.3 Å². The third-order valence-corrected chi connectivity index (χ3v) is 3.75. The lowest BCUT2D eigenvalue weighted by atomic mass is 9.69. The number of rotatable bonds is 1. The number of nitriles is 1. The zero-order chi connectivity index (χ0) is 8.60. The van der Waals surface area contributed by atoms with Crippen molar-refractivity contribution in [3.63, 3.8) is 0 Å². The van der Waals surface area contributed by atoms with Gasteiger partial charge in [-0.3, -0.25) is 0 Å². The zero-order valence-corrected chi connectivity index (χ0v) is 7.84. The molecule has 1 nitrogen and oxygen atoms in total. The Labute approximate surface area is 74.8 Å². The minimum atomic E-state index is 0.118. The molecular weight excluding hydrogens is 146 g/mol. The molecule has 0 amide bonds. The van der Waals surface area contributed by atoms with Crippen LogP contribution in [0.2, 0.25) is 0 Å². The Hall–Kier alpha value is -0.510. The molecule has 0 atom stereocenters. The van der Waals surface area contributed by atoms with Gasteiger partial charge >= 0.3 is 0 Å². The quantitative estimate of drug-likeness (QED) is 0.582. The van der Waals surface area contributed by atoms with Crippen LogP contribution in [0, 0.1) is 28.6 Å². The van der Waals surface area contributed by atoms with Gasteiger partial charge in [-0.2, -0.15) is 5.26 Å². The third kappa shape index (κ3) is 1.24. The van der Waals surface area contributed by atoms with E-state index in [0.29, 0.717) is 0 Å². The SMILES string of the molecule is CC1CCC(C#N)(C2CC2)CC1. The first-order valence-electron chi connectivity index (χ1n) is 5.18. The fraction of sp³-hybridized carbons (Fsp3) is 0.909. The van der Waals surface area contributed by atoms with Gasteiger partial charge in [-0.1, -0.05) is 6.92 Å². The molecule has 66 valence electrons. The molecule has 0 aromatic heterocycles. The van der Waals surface area contributed by atoms with Gasteiger partial charge in [0.05, 0.1) is 11.5 Å². The molecule has 0 N–H and O–H groups in total. The number of hydrogen-bond donors (Lipinski definition) is 0. The van der Waals surface area contributed by atoms with Gasteiger partial charge in [-0.15, -0.1) is 0 Å². The van der Waals surface area contributed by atoms with Crippen molar-refractivity contribution in [2.45, 2.75) is 45.4 Å². The molecule has 0 radical (unpaired) electrons. The number of hydrogen-bond acceptors (Lipinski definition) is 1. The maximum Gasteiger partial charge on any atom is 0.0692 e. The van der Waals surface area contributed by atoms with Crippen LogP contribution in [0.3, 0.4) is 0 Å². The van der Waals surface area contributed by atoms with Gasteiger partial charge in [0.2, 0.25) is 0 Å². The van der Waals surface area contributed by atoms with Gasteiger partial charge in [0.15, 0.2) is 0 Å². The van der Waals surface area contributed by atoms with Crippen molar-refractivity contribution in [1.82, 2.24) is 0 Å². The van der Waals surface area contributed by atoms with E-state index in [1.165, 1.54) is 38.5 Å². The molecular formula is C11H17N. The van der Waals surface area contributed by atoms with Crippen molar-refractivity contribution in [3.05, 3.63) is 0 Å². The second-order valence-electron chi connectivity index (χ2n) is 4.72. The highest BCUT2D eigenvalue weighted by atomic mass is 14.5. The highest BCUT2D eigenvalue weighted by Gasteiger charge is 2.46. The first kappa shape index (κ1) is 8.10. The largest absolute Gasteiger partial charge is 0.198 e. The Kier molecular flexibility index (Phi) is 1.87. The van der Waals surface area contributed by atoms with E-state index in [-0.39, 0.29) is 5.41 Å². The lowest BCUT2D eigenvalue weighted by Gasteiger charge is -2.33. The first-order chi connectivity index (χ1) is 5.77. The molecule has 1 heteroatoms. The van der Waals surface area contributed by atoms with Crippen LogP contribution in [-0.4, -0.2) is 0 Å². The van der Waals surface area contributed by atoms with Crippen molar-refractivity contribution in [2.75, 3.05) is 0 Å². The van der Waals surface area contributed by atoms with E-state index in [2.05, 4.69) is 13.0 Å². The van der Waals surface area contributed by atoms with Gasteiger partial charge in [0.1, 0.15) is 0 Å². The summed E-state index contributed by atoms with van der Waals surface area (Å²) in [5, 5.41) is 9.19. The highest BCUT2D eigenvalue weighted by Crippen LogP contribution is 2.53.